The molecule has 0 radical (unpaired) electrons. The molecule has 1 aliphatic heterocycles. The van der Waals surface area contributed by atoms with Crippen LogP contribution >= 0.6 is 0 Å². The number of hydrogen-bond acceptors (Lipinski definition) is 4. The van der Waals surface area contributed by atoms with Gasteiger partial charge in [0.15, 0.2) is 0 Å². The fourth-order valence-electron chi connectivity index (χ4n) is 2.95. The number of hydrogen-bond donors (Lipinski definition) is 2. The SMILES string of the molecule is CCCc1cc(NC(=O)N[C@H]2CCN(c3cnn(C)c3)C2=O)n(C)n1. The highest BCUT2D eigenvalue weighted by Gasteiger charge is 2.34. The van der Waals surface area contributed by atoms with Crippen LogP contribution in [0.2, 0.25) is 0 Å². The van der Waals surface area contributed by atoms with Crippen molar-refractivity contribution in [2.45, 2.75) is 32.2 Å². The van der Waals surface area contributed by atoms with Gasteiger partial charge in [0, 0.05) is 32.9 Å². The van der Waals surface area contributed by atoms with Crippen molar-refractivity contribution < 1.29 is 9.59 Å². The lowest BCUT2D eigenvalue weighted by Gasteiger charge is -2.15. The van der Waals surface area contributed by atoms with Gasteiger partial charge in [-0.15, -0.1) is 0 Å². The lowest BCUT2D eigenvalue weighted by Crippen LogP contribution is -2.43. The Morgan fingerprint density at radius 2 is 2.20 bits per heavy atom. The molecule has 134 valence electrons. The van der Waals surface area contributed by atoms with Gasteiger partial charge in [-0.05, 0) is 12.8 Å². The van der Waals surface area contributed by atoms with Gasteiger partial charge in [-0.1, -0.05) is 13.3 Å². The van der Waals surface area contributed by atoms with Crippen molar-refractivity contribution >= 4 is 23.4 Å². The standard InChI is InChI=1S/C16H23N7O2/c1-4-5-11-8-14(22(3)20-11)19-16(25)18-13-6-7-23(15(13)24)12-9-17-21(2)10-12/h8-10,13H,4-7H2,1-3H3,(H2,18,19,25)/t13-/m0/s1. The predicted molar refractivity (Wildman–Crippen MR) is 93.3 cm³/mol. The monoisotopic (exact) mass is 345 g/mol. The van der Waals surface area contributed by atoms with E-state index in [0.29, 0.717) is 18.8 Å². The van der Waals surface area contributed by atoms with E-state index in [4.69, 9.17) is 0 Å². The first-order valence-corrected chi connectivity index (χ1v) is 8.38. The van der Waals surface area contributed by atoms with E-state index in [1.165, 1.54) is 0 Å². The van der Waals surface area contributed by atoms with E-state index in [1.54, 1.807) is 40.8 Å². The highest BCUT2D eigenvalue weighted by Crippen LogP contribution is 2.20. The number of nitrogens with one attached hydrogen (secondary N) is 2. The Morgan fingerprint density at radius 1 is 1.40 bits per heavy atom. The van der Waals surface area contributed by atoms with Crippen LogP contribution in [0.25, 0.3) is 0 Å². The van der Waals surface area contributed by atoms with E-state index in [2.05, 4.69) is 27.8 Å². The summed E-state index contributed by atoms with van der Waals surface area (Å²) in [6, 6.07) is 0.905. The lowest BCUT2D eigenvalue weighted by atomic mass is 10.2. The minimum atomic E-state index is -0.538. The van der Waals surface area contributed by atoms with Gasteiger partial charge in [-0.3, -0.25) is 19.5 Å². The summed E-state index contributed by atoms with van der Waals surface area (Å²) in [5, 5.41) is 13.9. The summed E-state index contributed by atoms with van der Waals surface area (Å²) in [6.07, 6.45) is 5.84. The summed E-state index contributed by atoms with van der Waals surface area (Å²) in [7, 11) is 3.58. The van der Waals surface area contributed by atoms with Crippen LogP contribution in [0.3, 0.4) is 0 Å². The quantitative estimate of drug-likeness (QED) is 0.846. The van der Waals surface area contributed by atoms with Gasteiger partial charge in [0.25, 0.3) is 0 Å². The van der Waals surface area contributed by atoms with E-state index in [-0.39, 0.29) is 5.91 Å². The van der Waals surface area contributed by atoms with Crippen LogP contribution in [-0.2, 0) is 25.3 Å². The molecule has 2 aromatic rings. The third-order valence-corrected chi connectivity index (χ3v) is 4.19. The number of anilines is 2. The van der Waals surface area contributed by atoms with Crippen LogP contribution in [-0.4, -0.2) is 44.1 Å². The molecule has 1 saturated heterocycles. The maximum absolute atomic E-state index is 12.5. The Morgan fingerprint density at radius 3 is 2.88 bits per heavy atom. The smallest absolute Gasteiger partial charge is 0.321 e. The van der Waals surface area contributed by atoms with Crippen molar-refractivity contribution in [1.82, 2.24) is 24.9 Å². The Kier molecular flexibility index (Phi) is 4.73. The van der Waals surface area contributed by atoms with Crippen LogP contribution in [0.15, 0.2) is 18.5 Å². The Hall–Kier alpha value is -2.84. The molecular formula is C16H23N7O2. The summed E-state index contributed by atoms with van der Waals surface area (Å²) < 4.78 is 3.27. The third kappa shape index (κ3) is 3.65. The fourth-order valence-corrected chi connectivity index (χ4v) is 2.95. The summed E-state index contributed by atoms with van der Waals surface area (Å²) >= 11 is 0. The van der Waals surface area contributed by atoms with Gasteiger partial charge in [-0.2, -0.15) is 10.2 Å². The molecule has 3 heterocycles. The van der Waals surface area contributed by atoms with Gasteiger partial charge in [-0.25, -0.2) is 4.79 Å². The van der Waals surface area contributed by atoms with E-state index in [0.717, 1.165) is 24.2 Å². The van der Waals surface area contributed by atoms with Crippen LogP contribution in [0.4, 0.5) is 16.3 Å². The molecule has 3 rings (SSSR count). The molecule has 0 aromatic carbocycles. The molecule has 3 amide bonds. The summed E-state index contributed by atoms with van der Waals surface area (Å²) in [4.78, 5) is 26.4. The van der Waals surface area contributed by atoms with Crippen molar-refractivity contribution in [1.29, 1.82) is 0 Å². The topological polar surface area (TPSA) is 97.1 Å². The van der Waals surface area contributed by atoms with Gasteiger partial charge in [0.2, 0.25) is 5.91 Å². The molecule has 25 heavy (non-hydrogen) atoms. The second-order valence-corrected chi connectivity index (χ2v) is 6.20. The van der Waals surface area contributed by atoms with Crippen molar-refractivity contribution in [2.75, 3.05) is 16.8 Å². The number of amides is 3. The largest absolute Gasteiger partial charge is 0.326 e. The fraction of sp³-hybridized carbons (Fsp3) is 0.500. The van der Waals surface area contributed by atoms with Crippen molar-refractivity contribution in [3.63, 3.8) is 0 Å². The molecule has 2 aromatic heterocycles. The Bertz CT molecular complexity index is 779. The summed E-state index contributed by atoms with van der Waals surface area (Å²) in [6.45, 7) is 2.63. The molecule has 2 N–H and O–H groups in total. The molecule has 9 nitrogen and oxygen atoms in total. The number of carbonyl (C=O) groups excluding carboxylic acids is 2. The first kappa shape index (κ1) is 17.0. The normalized spacial score (nSPS) is 17.2. The average Bonchev–Trinajstić information content (AvgIpc) is 3.22. The van der Waals surface area contributed by atoms with Gasteiger partial charge in [0.1, 0.15) is 11.9 Å². The molecule has 0 spiro atoms. The van der Waals surface area contributed by atoms with Crippen LogP contribution in [0.5, 0.6) is 0 Å². The zero-order valence-corrected chi connectivity index (χ0v) is 14.7. The van der Waals surface area contributed by atoms with Gasteiger partial charge < -0.3 is 10.2 Å². The van der Waals surface area contributed by atoms with Crippen molar-refractivity contribution in [2.24, 2.45) is 14.1 Å². The number of nitrogens with zero attached hydrogens (tertiary/aromatic N) is 5. The Balaban J connectivity index is 1.59. The molecule has 1 atom stereocenters. The first-order valence-electron chi connectivity index (χ1n) is 8.38. The molecule has 0 aliphatic carbocycles. The maximum atomic E-state index is 12.5. The minimum Gasteiger partial charge on any atom is -0.326 e. The molecule has 0 saturated carbocycles. The third-order valence-electron chi connectivity index (χ3n) is 4.19. The number of aryl methyl sites for hydroxylation is 3. The zero-order chi connectivity index (χ0) is 18.0. The number of carbonyl (C=O) groups is 2. The maximum Gasteiger partial charge on any atom is 0.321 e. The average molecular weight is 345 g/mol. The van der Waals surface area contributed by atoms with Crippen molar-refractivity contribution in [3.05, 3.63) is 24.2 Å². The molecule has 9 heteroatoms. The van der Waals surface area contributed by atoms with Crippen LogP contribution in [0, 0.1) is 0 Å². The zero-order valence-electron chi connectivity index (χ0n) is 14.7. The Labute approximate surface area is 146 Å². The molecule has 0 bridgehead atoms. The van der Waals surface area contributed by atoms with E-state index >= 15 is 0 Å². The second-order valence-electron chi connectivity index (χ2n) is 6.20. The number of urea groups is 1. The molecule has 1 aliphatic rings. The van der Waals surface area contributed by atoms with E-state index in [1.807, 2.05) is 6.07 Å². The number of aromatic nitrogens is 4. The van der Waals surface area contributed by atoms with Crippen molar-refractivity contribution in [3.8, 4) is 0 Å². The van der Waals surface area contributed by atoms with Crippen LogP contribution in [0.1, 0.15) is 25.5 Å². The molecular weight excluding hydrogens is 322 g/mol. The highest BCUT2D eigenvalue weighted by molar-refractivity contribution is 6.02. The lowest BCUT2D eigenvalue weighted by molar-refractivity contribution is -0.118. The van der Waals surface area contributed by atoms with E-state index in [9.17, 15) is 9.59 Å². The second kappa shape index (κ2) is 6.96. The van der Waals surface area contributed by atoms with Gasteiger partial charge >= 0.3 is 6.03 Å². The predicted octanol–water partition coefficient (Wildman–Crippen LogP) is 1.03. The van der Waals surface area contributed by atoms with Crippen LogP contribution < -0.4 is 15.5 Å². The molecule has 0 unspecified atom stereocenters. The summed E-state index contributed by atoms with van der Waals surface area (Å²) in [5.74, 6) is 0.482. The highest BCUT2D eigenvalue weighted by atomic mass is 16.2. The van der Waals surface area contributed by atoms with E-state index < -0.39 is 12.1 Å². The molecule has 1 fully saturated rings. The number of rotatable bonds is 5. The summed E-state index contributed by atoms with van der Waals surface area (Å²) in [5.41, 5.74) is 1.67. The first-order chi connectivity index (χ1) is 12.0. The van der Waals surface area contributed by atoms with Gasteiger partial charge in [0.05, 0.1) is 17.6 Å². The minimum absolute atomic E-state index is 0.125.